The molecule has 0 N–H and O–H groups in total. The quantitative estimate of drug-likeness (QED) is 0.603. The molecule has 0 saturated carbocycles. The van der Waals surface area contributed by atoms with Crippen LogP contribution in [0.5, 0.6) is 0 Å². The zero-order chi connectivity index (χ0) is 8.85. The Hall–Kier alpha value is -0.460. The van der Waals surface area contributed by atoms with Crippen LogP contribution in [0.1, 0.15) is 34.1 Å². The van der Waals surface area contributed by atoms with Gasteiger partial charge in [-0.25, -0.2) is 0 Å². The van der Waals surface area contributed by atoms with Gasteiger partial charge in [0.15, 0.2) is 0 Å². The zero-order valence-corrected chi connectivity index (χ0v) is 8.52. The number of hydrogen-bond acceptors (Lipinski definition) is 1. The molecule has 1 heteroatoms. The second-order valence-corrected chi connectivity index (χ2v) is 3.65. The fourth-order valence-electron chi connectivity index (χ4n) is 1.16. The van der Waals surface area contributed by atoms with Gasteiger partial charge in [0, 0.05) is 13.6 Å². The van der Waals surface area contributed by atoms with Gasteiger partial charge in [-0.2, -0.15) is 0 Å². The van der Waals surface area contributed by atoms with Crippen molar-refractivity contribution >= 4 is 0 Å². The molecule has 0 spiro atoms. The van der Waals surface area contributed by atoms with Gasteiger partial charge in [-0.1, -0.05) is 19.4 Å². The number of rotatable bonds is 4. The molecule has 0 radical (unpaired) electrons. The Morgan fingerprint density at radius 1 is 1.45 bits per heavy atom. The van der Waals surface area contributed by atoms with E-state index in [4.69, 9.17) is 0 Å². The SMILES string of the molecule is CCN(C)/C=C(\C)CC(C)C. The van der Waals surface area contributed by atoms with Crippen LogP contribution < -0.4 is 0 Å². The molecule has 0 rings (SSSR count). The summed E-state index contributed by atoms with van der Waals surface area (Å²) in [6, 6.07) is 0. The fourth-order valence-corrected chi connectivity index (χ4v) is 1.16. The van der Waals surface area contributed by atoms with Crippen LogP contribution in [-0.2, 0) is 0 Å². The summed E-state index contributed by atoms with van der Waals surface area (Å²) in [7, 11) is 2.11. The van der Waals surface area contributed by atoms with E-state index in [1.807, 2.05) is 0 Å². The molecule has 0 bridgehead atoms. The van der Waals surface area contributed by atoms with Crippen LogP contribution >= 0.6 is 0 Å². The van der Waals surface area contributed by atoms with Crippen LogP contribution in [0.3, 0.4) is 0 Å². The predicted molar refractivity (Wildman–Crippen MR) is 51.5 cm³/mol. The Balaban J connectivity index is 3.79. The monoisotopic (exact) mass is 155 g/mol. The lowest BCUT2D eigenvalue weighted by Crippen LogP contribution is -2.09. The van der Waals surface area contributed by atoms with Crippen LogP contribution in [-0.4, -0.2) is 18.5 Å². The van der Waals surface area contributed by atoms with Gasteiger partial charge in [-0.3, -0.25) is 0 Å². The largest absolute Gasteiger partial charge is 0.381 e. The Labute approximate surface area is 71.1 Å². The summed E-state index contributed by atoms with van der Waals surface area (Å²) in [6.45, 7) is 9.97. The van der Waals surface area contributed by atoms with Crippen molar-refractivity contribution in [1.29, 1.82) is 0 Å². The van der Waals surface area contributed by atoms with Crippen molar-refractivity contribution in [2.75, 3.05) is 13.6 Å². The van der Waals surface area contributed by atoms with Gasteiger partial charge in [-0.05, 0) is 32.4 Å². The molecular weight excluding hydrogens is 134 g/mol. The lowest BCUT2D eigenvalue weighted by atomic mass is 10.1. The molecule has 0 atom stereocenters. The Kier molecular flexibility index (Phi) is 5.01. The van der Waals surface area contributed by atoms with Gasteiger partial charge in [0.25, 0.3) is 0 Å². The Bertz CT molecular complexity index is 125. The lowest BCUT2D eigenvalue weighted by molar-refractivity contribution is 0.474. The predicted octanol–water partition coefficient (Wildman–Crippen LogP) is 2.89. The smallest absolute Gasteiger partial charge is 0.0140 e. The summed E-state index contributed by atoms with van der Waals surface area (Å²) in [5.41, 5.74) is 1.48. The molecule has 11 heavy (non-hydrogen) atoms. The summed E-state index contributed by atoms with van der Waals surface area (Å²) < 4.78 is 0. The standard InChI is InChI=1S/C10H21N/c1-6-11(5)8-10(4)7-9(2)3/h8-9H,6-7H2,1-5H3/b10-8+. The van der Waals surface area contributed by atoms with Crippen LogP contribution in [0, 0.1) is 5.92 Å². The summed E-state index contributed by atoms with van der Waals surface area (Å²) >= 11 is 0. The molecule has 0 aromatic carbocycles. The third-order valence-electron chi connectivity index (χ3n) is 1.67. The molecule has 0 aromatic rings. The number of allylic oxidation sites excluding steroid dienone is 1. The van der Waals surface area contributed by atoms with Gasteiger partial charge in [-0.15, -0.1) is 0 Å². The normalized spacial score (nSPS) is 12.4. The topological polar surface area (TPSA) is 3.24 Å². The van der Waals surface area contributed by atoms with Gasteiger partial charge < -0.3 is 4.90 Å². The average molecular weight is 155 g/mol. The molecule has 0 saturated heterocycles. The fraction of sp³-hybridized carbons (Fsp3) is 0.800. The van der Waals surface area contributed by atoms with Crippen molar-refractivity contribution in [3.63, 3.8) is 0 Å². The third kappa shape index (κ3) is 5.96. The summed E-state index contributed by atoms with van der Waals surface area (Å²) in [6.07, 6.45) is 3.45. The van der Waals surface area contributed by atoms with Crippen LogP contribution in [0.25, 0.3) is 0 Å². The highest BCUT2D eigenvalue weighted by Gasteiger charge is 1.95. The first kappa shape index (κ1) is 10.5. The Morgan fingerprint density at radius 2 is 2.00 bits per heavy atom. The van der Waals surface area contributed by atoms with E-state index in [1.54, 1.807) is 0 Å². The first-order valence-corrected chi connectivity index (χ1v) is 4.43. The molecule has 0 aromatic heterocycles. The number of hydrogen-bond donors (Lipinski definition) is 0. The van der Waals surface area contributed by atoms with Crippen molar-refractivity contribution in [1.82, 2.24) is 4.90 Å². The van der Waals surface area contributed by atoms with E-state index in [-0.39, 0.29) is 0 Å². The third-order valence-corrected chi connectivity index (χ3v) is 1.67. The van der Waals surface area contributed by atoms with E-state index in [0.29, 0.717) is 0 Å². The Morgan fingerprint density at radius 3 is 2.36 bits per heavy atom. The zero-order valence-electron chi connectivity index (χ0n) is 8.52. The van der Waals surface area contributed by atoms with Crippen molar-refractivity contribution in [3.8, 4) is 0 Å². The van der Waals surface area contributed by atoms with Gasteiger partial charge in [0.2, 0.25) is 0 Å². The highest BCUT2D eigenvalue weighted by atomic mass is 15.1. The first-order chi connectivity index (χ1) is 5.06. The second kappa shape index (κ2) is 5.22. The first-order valence-electron chi connectivity index (χ1n) is 4.43. The van der Waals surface area contributed by atoms with Crippen LogP contribution in [0.15, 0.2) is 11.8 Å². The van der Waals surface area contributed by atoms with E-state index in [0.717, 1.165) is 12.5 Å². The molecule has 1 nitrogen and oxygen atoms in total. The molecule has 0 aliphatic heterocycles. The van der Waals surface area contributed by atoms with E-state index in [9.17, 15) is 0 Å². The van der Waals surface area contributed by atoms with Crippen LogP contribution in [0.2, 0.25) is 0 Å². The molecule has 0 heterocycles. The van der Waals surface area contributed by atoms with Crippen molar-refractivity contribution < 1.29 is 0 Å². The van der Waals surface area contributed by atoms with Crippen molar-refractivity contribution in [2.45, 2.75) is 34.1 Å². The summed E-state index contributed by atoms with van der Waals surface area (Å²) in [4.78, 5) is 2.22. The maximum absolute atomic E-state index is 2.25. The molecule has 0 fully saturated rings. The minimum Gasteiger partial charge on any atom is -0.381 e. The maximum atomic E-state index is 2.25. The van der Waals surface area contributed by atoms with E-state index < -0.39 is 0 Å². The highest BCUT2D eigenvalue weighted by Crippen LogP contribution is 2.09. The summed E-state index contributed by atoms with van der Waals surface area (Å²) in [5.74, 6) is 0.775. The van der Waals surface area contributed by atoms with E-state index in [1.165, 1.54) is 12.0 Å². The summed E-state index contributed by atoms with van der Waals surface area (Å²) in [5, 5.41) is 0. The molecule has 0 aliphatic rings. The van der Waals surface area contributed by atoms with Crippen molar-refractivity contribution in [2.24, 2.45) is 5.92 Å². The molecule has 0 unspecified atom stereocenters. The lowest BCUT2D eigenvalue weighted by Gasteiger charge is -2.13. The molecular formula is C10H21N. The molecule has 0 aliphatic carbocycles. The maximum Gasteiger partial charge on any atom is 0.0140 e. The van der Waals surface area contributed by atoms with Gasteiger partial charge >= 0.3 is 0 Å². The second-order valence-electron chi connectivity index (χ2n) is 3.65. The van der Waals surface area contributed by atoms with Crippen molar-refractivity contribution in [3.05, 3.63) is 11.8 Å². The van der Waals surface area contributed by atoms with Crippen LogP contribution in [0.4, 0.5) is 0 Å². The van der Waals surface area contributed by atoms with Gasteiger partial charge in [0.05, 0.1) is 0 Å². The number of nitrogens with zero attached hydrogens (tertiary/aromatic N) is 1. The molecule has 66 valence electrons. The van der Waals surface area contributed by atoms with E-state index >= 15 is 0 Å². The highest BCUT2D eigenvalue weighted by molar-refractivity contribution is 4.97. The minimum absolute atomic E-state index is 0.775. The average Bonchev–Trinajstić information content (AvgIpc) is 1.85. The van der Waals surface area contributed by atoms with E-state index in [2.05, 4.69) is 45.8 Å². The molecule has 0 amide bonds. The minimum atomic E-state index is 0.775. The van der Waals surface area contributed by atoms with Gasteiger partial charge in [0.1, 0.15) is 0 Å².